The molecule has 0 saturated heterocycles. The number of phosphoric ester groups is 1. The number of hydrogen-bond donors (Lipinski definition) is 3. The molecule has 0 amide bonds. The summed E-state index contributed by atoms with van der Waals surface area (Å²) < 4.78 is 32.3. The first-order valence-corrected chi connectivity index (χ1v) is 19.0. The average Bonchev–Trinajstić information content (AvgIpc) is 3.01. The topological polar surface area (TPSA) is 149 Å². The van der Waals surface area contributed by atoms with Crippen molar-refractivity contribution in [3.8, 4) is 0 Å². The molecule has 0 aromatic heterocycles. The van der Waals surface area contributed by atoms with E-state index in [0.29, 0.717) is 12.8 Å². The molecule has 10 nitrogen and oxygen atoms in total. The van der Waals surface area contributed by atoms with Crippen LogP contribution in [0.4, 0.5) is 0 Å². The minimum atomic E-state index is -4.61. The summed E-state index contributed by atoms with van der Waals surface area (Å²) in [5.74, 6) is -1.02. The molecule has 0 aliphatic rings. The summed E-state index contributed by atoms with van der Waals surface area (Å²) >= 11 is 0. The predicted molar refractivity (Wildman–Crippen MR) is 173 cm³/mol. The maximum absolute atomic E-state index is 12.2. The van der Waals surface area contributed by atoms with E-state index in [1.54, 1.807) is 0 Å². The zero-order valence-corrected chi connectivity index (χ0v) is 28.8. The van der Waals surface area contributed by atoms with Crippen LogP contribution < -0.4 is 0 Å². The van der Waals surface area contributed by atoms with Gasteiger partial charge < -0.3 is 24.6 Å². The van der Waals surface area contributed by atoms with Gasteiger partial charge in [0.15, 0.2) is 0 Å². The molecular weight excluding hydrogens is 587 g/mol. The van der Waals surface area contributed by atoms with Gasteiger partial charge in [-0.25, -0.2) is 4.57 Å². The number of unbranched alkanes of at least 4 members (excludes halogenated alkanes) is 19. The molecule has 0 aromatic carbocycles. The molecule has 262 valence electrons. The highest BCUT2D eigenvalue weighted by Gasteiger charge is 2.27. The van der Waals surface area contributed by atoms with Crippen LogP contribution >= 0.6 is 7.82 Å². The van der Waals surface area contributed by atoms with Gasteiger partial charge in [0, 0.05) is 12.8 Å². The van der Waals surface area contributed by atoms with Crippen molar-refractivity contribution in [1.82, 2.24) is 0 Å². The van der Waals surface area contributed by atoms with Crippen LogP contribution in [0.2, 0.25) is 0 Å². The van der Waals surface area contributed by atoms with Gasteiger partial charge in [-0.3, -0.25) is 18.6 Å². The second-order valence-corrected chi connectivity index (χ2v) is 13.3. The van der Waals surface area contributed by atoms with Crippen LogP contribution in [-0.4, -0.2) is 65.7 Å². The van der Waals surface area contributed by atoms with E-state index in [9.17, 15) is 29.3 Å². The molecule has 0 fully saturated rings. The fraction of sp³-hybridized carbons (Fsp3) is 0.939. The summed E-state index contributed by atoms with van der Waals surface area (Å²) in [7, 11) is -4.61. The third-order valence-electron chi connectivity index (χ3n) is 7.57. The van der Waals surface area contributed by atoms with Crippen molar-refractivity contribution >= 4 is 19.8 Å². The van der Waals surface area contributed by atoms with Crippen LogP contribution in [0.1, 0.15) is 162 Å². The Labute approximate surface area is 267 Å². The Balaban J connectivity index is 4.00. The van der Waals surface area contributed by atoms with Gasteiger partial charge in [0.2, 0.25) is 0 Å². The van der Waals surface area contributed by atoms with E-state index in [1.165, 1.54) is 83.5 Å². The molecule has 0 aliphatic heterocycles. The summed E-state index contributed by atoms with van der Waals surface area (Å²) in [6.45, 7) is 2.15. The van der Waals surface area contributed by atoms with E-state index in [1.807, 2.05) is 0 Å². The Morgan fingerprint density at radius 3 is 1.07 bits per heavy atom. The first-order chi connectivity index (χ1) is 21.3. The molecule has 3 atom stereocenters. The van der Waals surface area contributed by atoms with Crippen molar-refractivity contribution < 1.29 is 47.8 Å². The summed E-state index contributed by atoms with van der Waals surface area (Å²) in [5.41, 5.74) is 0. The van der Waals surface area contributed by atoms with Crippen LogP contribution in [0.3, 0.4) is 0 Å². The van der Waals surface area contributed by atoms with Crippen molar-refractivity contribution in [3.05, 3.63) is 0 Å². The number of ether oxygens (including phenoxy) is 2. The summed E-state index contributed by atoms with van der Waals surface area (Å²) in [5, 5.41) is 19.0. The lowest BCUT2D eigenvalue weighted by Crippen LogP contribution is -2.28. The highest BCUT2D eigenvalue weighted by atomic mass is 31.2. The summed E-state index contributed by atoms with van der Waals surface area (Å²) in [6.07, 6.45) is 22.4. The molecule has 3 N–H and O–H groups in total. The molecule has 0 aromatic rings. The Morgan fingerprint density at radius 1 is 0.523 bits per heavy atom. The Morgan fingerprint density at radius 2 is 0.795 bits per heavy atom. The van der Waals surface area contributed by atoms with Crippen LogP contribution in [0.25, 0.3) is 0 Å². The molecule has 11 heteroatoms. The fourth-order valence-electron chi connectivity index (χ4n) is 4.82. The quantitative estimate of drug-likeness (QED) is 0.0362. The van der Waals surface area contributed by atoms with Crippen LogP contribution in [0.5, 0.6) is 0 Å². The maximum Gasteiger partial charge on any atom is 0.472 e. The summed E-state index contributed by atoms with van der Waals surface area (Å²) in [4.78, 5) is 34.1. The normalized spacial score (nSPS) is 14.2. The number of aliphatic hydroxyl groups is 2. The number of esters is 2. The molecule has 0 saturated carbocycles. The smallest absolute Gasteiger partial charge is 0.457 e. The Hall–Kier alpha value is -1.03. The zero-order chi connectivity index (χ0) is 32.7. The third-order valence-corrected chi connectivity index (χ3v) is 8.52. The van der Waals surface area contributed by atoms with Crippen molar-refractivity contribution in [2.45, 2.75) is 174 Å². The molecule has 0 rings (SSSR count). The predicted octanol–water partition coefficient (Wildman–Crippen LogP) is 7.94. The zero-order valence-electron chi connectivity index (χ0n) is 27.9. The van der Waals surface area contributed by atoms with Gasteiger partial charge in [0.1, 0.15) is 12.2 Å². The van der Waals surface area contributed by atoms with Gasteiger partial charge in [-0.15, -0.1) is 0 Å². The number of carbonyl (C=O) groups excluding carboxylic acids is 2. The molecule has 0 spiro atoms. The highest BCUT2D eigenvalue weighted by molar-refractivity contribution is 7.47. The van der Waals surface area contributed by atoms with Crippen molar-refractivity contribution in [2.24, 2.45) is 0 Å². The fourth-order valence-corrected chi connectivity index (χ4v) is 5.60. The van der Waals surface area contributed by atoms with E-state index in [-0.39, 0.29) is 12.8 Å². The van der Waals surface area contributed by atoms with E-state index < -0.39 is 58.4 Å². The van der Waals surface area contributed by atoms with E-state index in [0.717, 1.165) is 38.5 Å². The Bertz CT molecular complexity index is 721. The molecule has 0 radical (unpaired) electrons. The minimum absolute atomic E-state index is 0.196. The Kier molecular flexibility index (Phi) is 29.9. The van der Waals surface area contributed by atoms with Crippen molar-refractivity contribution in [3.63, 3.8) is 0 Å². The number of carbonyl (C=O) groups is 2. The highest BCUT2D eigenvalue weighted by Crippen LogP contribution is 2.43. The number of rotatable bonds is 33. The molecule has 44 heavy (non-hydrogen) atoms. The first kappa shape index (κ1) is 43.0. The monoisotopic (exact) mass is 652 g/mol. The molecule has 0 aliphatic carbocycles. The largest absolute Gasteiger partial charge is 0.472 e. The van der Waals surface area contributed by atoms with E-state index >= 15 is 0 Å². The second-order valence-electron chi connectivity index (χ2n) is 11.9. The van der Waals surface area contributed by atoms with E-state index in [4.69, 9.17) is 18.5 Å². The minimum Gasteiger partial charge on any atom is -0.457 e. The lowest BCUT2D eigenvalue weighted by atomic mass is 10.0. The average molecular weight is 653 g/mol. The summed E-state index contributed by atoms with van der Waals surface area (Å²) in [6, 6.07) is 0. The van der Waals surface area contributed by atoms with Crippen LogP contribution in [-0.2, 0) is 32.7 Å². The van der Waals surface area contributed by atoms with E-state index in [2.05, 4.69) is 13.8 Å². The van der Waals surface area contributed by atoms with Crippen LogP contribution in [0, 0.1) is 0 Å². The standard InChI is InChI=1S/C33H65O10P/c1-3-5-7-9-11-13-14-15-16-17-19-21-23-25-33(37)43-31(27-35)29-41-44(38,39)40-28-30(26-34)42-32(36)24-22-20-18-12-10-8-6-4-2/h30-31,34-35H,3-29H2,1-2H3,(H,38,39). The third kappa shape index (κ3) is 28.4. The lowest BCUT2D eigenvalue weighted by molar-refractivity contribution is -0.153. The van der Waals surface area contributed by atoms with Gasteiger partial charge in [0.25, 0.3) is 0 Å². The van der Waals surface area contributed by atoms with Crippen molar-refractivity contribution in [2.75, 3.05) is 26.4 Å². The van der Waals surface area contributed by atoms with Gasteiger partial charge >= 0.3 is 19.8 Å². The molecule has 0 bridgehead atoms. The second kappa shape index (κ2) is 30.6. The molecular formula is C33H65O10P. The van der Waals surface area contributed by atoms with Gasteiger partial charge in [-0.1, -0.05) is 136 Å². The first-order valence-electron chi connectivity index (χ1n) is 17.5. The SMILES string of the molecule is CCCCCCCCCCCCCCCC(=O)OC(CO)COP(=O)(O)OCC(CO)OC(=O)CCCCCCCCCC. The molecule has 3 unspecified atom stereocenters. The van der Waals surface area contributed by atoms with Gasteiger partial charge in [0.05, 0.1) is 26.4 Å². The van der Waals surface area contributed by atoms with Gasteiger partial charge in [-0.05, 0) is 12.8 Å². The molecule has 0 heterocycles. The lowest BCUT2D eigenvalue weighted by Gasteiger charge is -2.20. The van der Waals surface area contributed by atoms with Crippen molar-refractivity contribution in [1.29, 1.82) is 0 Å². The number of aliphatic hydroxyl groups excluding tert-OH is 2. The maximum atomic E-state index is 12.2. The van der Waals surface area contributed by atoms with Gasteiger partial charge in [-0.2, -0.15) is 0 Å². The van der Waals surface area contributed by atoms with Crippen LogP contribution in [0.15, 0.2) is 0 Å². The number of phosphoric acid groups is 1. The number of hydrogen-bond acceptors (Lipinski definition) is 9.